The Bertz CT molecular complexity index is 520. The summed E-state index contributed by atoms with van der Waals surface area (Å²) in [6, 6.07) is 4.91. The number of carbonyl (C=O) groups is 2. The molecule has 0 fully saturated rings. The molecule has 0 bridgehead atoms. The van der Waals surface area contributed by atoms with Gasteiger partial charge in [-0.2, -0.15) is 0 Å². The maximum atomic E-state index is 11.1. The number of carboxylic acids is 2. The lowest BCUT2D eigenvalue weighted by atomic mass is 10.0. The Kier molecular flexibility index (Phi) is 3.09. The van der Waals surface area contributed by atoms with Gasteiger partial charge in [0.05, 0.1) is 0 Å². The minimum absolute atomic E-state index is 0.123. The Morgan fingerprint density at radius 1 is 1.16 bits per heavy atom. The van der Waals surface area contributed by atoms with Crippen LogP contribution in [0.4, 0.5) is 0 Å². The SMILES string of the molecule is CC(C)Cc1ccc2c(c1)OC(C(=O)O)(C(=O)O)O2. The number of hydrogen-bond donors (Lipinski definition) is 2. The number of carboxylic acid groups (broad SMARTS) is 2. The van der Waals surface area contributed by atoms with Crippen LogP contribution in [0.1, 0.15) is 19.4 Å². The van der Waals surface area contributed by atoms with Crippen molar-refractivity contribution in [3.05, 3.63) is 23.8 Å². The van der Waals surface area contributed by atoms with Gasteiger partial charge in [-0.3, -0.25) is 0 Å². The van der Waals surface area contributed by atoms with Crippen LogP contribution in [0.2, 0.25) is 0 Å². The van der Waals surface area contributed by atoms with Crippen molar-refractivity contribution >= 4 is 11.9 Å². The zero-order chi connectivity index (χ0) is 14.2. The average molecular weight is 266 g/mol. The normalized spacial score (nSPS) is 15.5. The van der Waals surface area contributed by atoms with Crippen LogP contribution in [0.3, 0.4) is 0 Å². The third-order valence-electron chi connectivity index (χ3n) is 2.72. The molecule has 6 heteroatoms. The summed E-state index contributed by atoms with van der Waals surface area (Å²) in [5, 5.41) is 18.0. The van der Waals surface area contributed by atoms with Crippen molar-refractivity contribution in [3.8, 4) is 11.5 Å². The summed E-state index contributed by atoms with van der Waals surface area (Å²) in [5.41, 5.74) is 0.934. The predicted octanol–water partition coefficient (Wildman–Crippen LogP) is 1.52. The number of hydrogen-bond acceptors (Lipinski definition) is 4. The molecule has 19 heavy (non-hydrogen) atoms. The Morgan fingerprint density at radius 3 is 2.26 bits per heavy atom. The molecule has 2 N–H and O–H groups in total. The molecule has 1 aliphatic heterocycles. The van der Waals surface area contributed by atoms with Gasteiger partial charge in [0.2, 0.25) is 0 Å². The van der Waals surface area contributed by atoms with Crippen molar-refractivity contribution in [3.63, 3.8) is 0 Å². The van der Waals surface area contributed by atoms with E-state index in [1.54, 1.807) is 12.1 Å². The van der Waals surface area contributed by atoms with E-state index < -0.39 is 17.7 Å². The molecule has 102 valence electrons. The summed E-state index contributed by atoms with van der Waals surface area (Å²) < 4.78 is 9.97. The highest BCUT2D eigenvalue weighted by Gasteiger charge is 2.57. The molecule has 0 saturated carbocycles. The molecule has 0 saturated heterocycles. The second-order valence-corrected chi connectivity index (χ2v) is 4.81. The third kappa shape index (κ3) is 2.21. The fourth-order valence-corrected chi connectivity index (χ4v) is 1.91. The minimum atomic E-state index is -2.68. The third-order valence-corrected chi connectivity index (χ3v) is 2.72. The van der Waals surface area contributed by atoms with Crippen LogP contribution in [0.25, 0.3) is 0 Å². The molecule has 0 spiro atoms. The van der Waals surface area contributed by atoms with Crippen LogP contribution in [0.5, 0.6) is 11.5 Å². The van der Waals surface area contributed by atoms with Gasteiger partial charge >= 0.3 is 17.7 Å². The van der Waals surface area contributed by atoms with Crippen molar-refractivity contribution in [2.24, 2.45) is 5.92 Å². The van der Waals surface area contributed by atoms with Crippen molar-refractivity contribution in [1.29, 1.82) is 0 Å². The van der Waals surface area contributed by atoms with E-state index in [1.165, 1.54) is 6.07 Å². The summed E-state index contributed by atoms with van der Waals surface area (Å²) >= 11 is 0. The fraction of sp³-hybridized carbons (Fsp3) is 0.385. The summed E-state index contributed by atoms with van der Waals surface area (Å²) in [7, 11) is 0. The first-order valence-electron chi connectivity index (χ1n) is 5.83. The lowest BCUT2D eigenvalue weighted by Gasteiger charge is -2.16. The number of benzene rings is 1. The molecule has 0 unspecified atom stereocenters. The van der Waals surface area contributed by atoms with Gasteiger partial charge in [-0.15, -0.1) is 0 Å². The number of aliphatic carboxylic acids is 2. The van der Waals surface area contributed by atoms with Crippen molar-refractivity contribution < 1.29 is 29.3 Å². The predicted molar refractivity (Wildman–Crippen MR) is 64.2 cm³/mol. The van der Waals surface area contributed by atoms with Crippen LogP contribution in [0.15, 0.2) is 18.2 Å². The zero-order valence-corrected chi connectivity index (χ0v) is 10.5. The summed E-state index contributed by atoms with van der Waals surface area (Å²) in [6.07, 6.45) is 0.782. The van der Waals surface area contributed by atoms with Crippen molar-refractivity contribution in [2.45, 2.75) is 26.1 Å². The van der Waals surface area contributed by atoms with Gasteiger partial charge in [-0.05, 0) is 30.0 Å². The van der Waals surface area contributed by atoms with Gasteiger partial charge < -0.3 is 19.7 Å². The number of ether oxygens (including phenoxy) is 2. The Labute approximate surface area is 109 Å². The summed E-state index contributed by atoms with van der Waals surface area (Å²) in [6.45, 7) is 4.09. The van der Waals surface area contributed by atoms with Gasteiger partial charge in [0, 0.05) is 0 Å². The van der Waals surface area contributed by atoms with Gasteiger partial charge in [-0.1, -0.05) is 19.9 Å². The molecule has 0 aromatic heterocycles. The summed E-state index contributed by atoms with van der Waals surface area (Å²) in [4.78, 5) is 22.1. The highest BCUT2D eigenvalue weighted by atomic mass is 16.8. The van der Waals surface area contributed by atoms with Gasteiger partial charge in [0.15, 0.2) is 11.5 Å². The van der Waals surface area contributed by atoms with Crippen molar-refractivity contribution in [2.75, 3.05) is 0 Å². The van der Waals surface area contributed by atoms with E-state index in [0.29, 0.717) is 5.92 Å². The maximum absolute atomic E-state index is 11.1. The Balaban J connectivity index is 2.34. The van der Waals surface area contributed by atoms with Crippen LogP contribution < -0.4 is 9.47 Å². The molecule has 1 heterocycles. The standard InChI is InChI=1S/C13H14O6/c1-7(2)5-8-3-4-9-10(6-8)19-13(18-9,11(14)15)12(16)17/h3-4,6-7H,5H2,1-2H3,(H,14,15)(H,16,17). The number of rotatable bonds is 4. The zero-order valence-electron chi connectivity index (χ0n) is 10.5. The first kappa shape index (κ1) is 13.2. The van der Waals surface area contributed by atoms with E-state index in [4.69, 9.17) is 19.7 Å². The quantitative estimate of drug-likeness (QED) is 0.802. The van der Waals surface area contributed by atoms with Crippen molar-refractivity contribution in [1.82, 2.24) is 0 Å². The molecular weight excluding hydrogens is 252 g/mol. The van der Waals surface area contributed by atoms with E-state index in [-0.39, 0.29) is 11.5 Å². The second-order valence-electron chi connectivity index (χ2n) is 4.81. The fourth-order valence-electron chi connectivity index (χ4n) is 1.91. The van der Waals surface area contributed by atoms with E-state index in [1.807, 2.05) is 13.8 Å². The molecule has 1 aromatic rings. The largest absolute Gasteiger partial charge is 0.475 e. The Morgan fingerprint density at radius 2 is 1.74 bits per heavy atom. The van der Waals surface area contributed by atoms with Gasteiger partial charge in [-0.25, -0.2) is 9.59 Å². The second kappa shape index (κ2) is 4.46. The van der Waals surface area contributed by atoms with Crippen LogP contribution in [0, 0.1) is 5.92 Å². The average Bonchev–Trinajstić information content (AvgIpc) is 2.68. The lowest BCUT2D eigenvalue weighted by Crippen LogP contribution is -2.54. The molecule has 2 rings (SSSR count). The molecule has 1 aliphatic rings. The molecule has 0 aliphatic carbocycles. The molecule has 1 aromatic carbocycles. The van der Waals surface area contributed by atoms with Crippen LogP contribution in [-0.2, 0) is 16.0 Å². The molecule has 0 atom stereocenters. The highest BCUT2D eigenvalue weighted by Crippen LogP contribution is 2.40. The molecular formula is C13H14O6. The van der Waals surface area contributed by atoms with Crippen LogP contribution in [-0.4, -0.2) is 27.9 Å². The monoisotopic (exact) mass is 266 g/mol. The minimum Gasteiger partial charge on any atom is -0.475 e. The number of fused-ring (bicyclic) bond motifs is 1. The van der Waals surface area contributed by atoms with E-state index in [2.05, 4.69) is 0 Å². The van der Waals surface area contributed by atoms with E-state index in [9.17, 15) is 9.59 Å². The lowest BCUT2D eigenvalue weighted by molar-refractivity contribution is -0.194. The smallest absolute Gasteiger partial charge is 0.453 e. The molecule has 0 amide bonds. The first-order valence-corrected chi connectivity index (χ1v) is 5.83. The maximum Gasteiger partial charge on any atom is 0.453 e. The van der Waals surface area contributed by atoms with Gasteiger partial charge in [0.1, 0.15) is 0 Å². The summed E-state index contributed by atoms with van der Waals surface area (Å²) in [5.74, 6) is -5.38. The molecule has 6 nitrogen and oxygen atoms in total. The molecule has 0 radical (unpaired) electrons. The highest BCUT2D eigenvalue weighted by molar-refractivity contribution is 6.01. The van der Waals surface area contributed by atoms with E-state index >= 15 is 0 Å². The first-order chi connectivity index (χ1) is 8.85. The van der Waals surface area contributed by atoms with Gasteiger partial charge in [0.25, 0.3) is 0 Å². The topological polar surface area (TPSA) is 93.1 Å². The Hall–Kier alpha value is -2.24. The van der Waals surface area contributed by atoms with Crippen LogP contribution >= 0.6 is 0 Å². The van der Waals surface area contributed by atoms with E-state index in [0.717, 1.165) is 12.0 Å².